The molecule has 1 aromatic carbocycles. The van der Waals surface area contributed by atoms with Crippen LogP contribution in [0.2, 0.25) is 0 Å². The molecule has 3 heteroatoms. The molecule has 0 aliphatic heterocycles. The van der Waals surface area contributed by atoms with Crippen LogP contribution in [0.1, 0.15) is 32.3 Å². The van der Waals surface area contributed by atoms with Crippen LogP contribution in [-0.4, -0.2) is 36.3 Å². The quantitative estimate of drug-likeness (QED) is 0.771. The highest BCUT2D eigenvalue weighted by Gasteiger charge is 2.16. The van der Waals surface area contributed by atoms with Crippen molar-refractivity contribution >= 4 is 0 Å². The Balaban J connectivity index is 2.74. The third-order valence-corrected chi connectivity index (χ3v) is 3.41. The lowest BCUT2D eigenvalue weighted by Crippen LogP contribution is -2.36. The first kappa shape index (κ1) is 15.0. The first-order valence-electron chi connectivity index (χ1n) is 6.72. The Labute approximate surface area is 110 Å². The number of methoxy groups -OCH3 is 1. The van der Waals surface area contributed by atoms with Crippen molar-refractivity contribution in [2.24, 2.45) is 0 Å². The molecule has 0 bridgehead atoms. The lowest BCUT2D eigenvalue weighted by atomic mass is 10.1. The van der Waals surface area contributed by atoms with Gasteiger partial charge in [-0.25, -0.2) is 0 Å². The summed E-state index contributed by atoms with van der Waals surface area (Å²) >= 11 is 0. The first-order valence-corrected chi connectivity index (χ1v) is 6.72. The zero-order valence-corrected chi connectivity index (χ0v) is 11.7. The Bertz CT molecular complexity index is 337. The molecular formula is C15H25NO2. The summed E-state index contributed by atoms with van der Waals surface area (Å²) in [5, 5.41) is 9.85. The monoisotopic (exact) mass is 251 g/mol. The molecule has 1 aromatic rings. The highest BCUT2D eigenvalue weighted by Crippen LogP contribution is 2.20. The smallest absolute Gasteiger partial charge is 0.120 e. The minimum atomic E-state index is 0.380. The van der Waals surface area contributed by atoms with Gasteiger partial charge >= 0.3 is 0 Å². The lowest BCUT2D eigenvalue weighted by Gasteiger charge is -2.30. The second-order valence-electron chi connectivity index (χ2n) is 4.56. The minimum absolute atomic E-state index is 0.380. The number of phenolic OH excluding ortho intramolecular Hbond substituents is 1. The molecule has 0 fully saturated rings. The van der Waals surface area contributed by atoms with Gasteiger partial charge in [-0.1, -0.05) is 32.0 Å². The van der Waals surface area contributed by atoms with Crippen LogP contribution in [0.5, 0.6) is 5.75 Å². The van der Waals surface area contributed by atoms with E-state index in [1.165, 1.54) is 0 Å². The molecule has 0 aliphatic carbocycles. The van der Waals surface area contributed by atoms with Gasteiger partial charge in [-0.15, -0.1) is 0 Å². The summed E-state index contributed by atoms with van der Waals surface area (Å²) in [6, 6.07) is 8.10. The van der Waals surface area contributed by atoms with Gasteiger partial charge in [0.1, 0.15) is 5.75 Å². The number of hydrogen-bond acceptors (Lipinski definition) is 3. The third kappa shape index (κ3) is 4.31. The normalized spacial score (nSPS) is 11.4. The standard InChI is InChI=1S/C15H25NO2/c1-4-14(5-2)16(10-11-18-3)12-13-8-6-7-9-15(13)17/h6-9,14,17H,4-5,10-12H2,1-3H3. The van der Waals surface area contributed by atoms with Crippen LogP contribution < -0.4 is 0 Å². The summed E-state index contributed by atoms with van der Waals surface area (Å²) in [5.41, 5.74) is 0.987. The molecule has 0 unspecified atom stereocenters. The maximum Gasteiger partial charge on any atom is 0.120 e. The highest BCUT2D eigenvalue weighted by atomic mass is 16.5. The van der Waals surface area contributed by atoms with Gasteiger partial charge in [0, 0.05) is 31.8 Å². The fraction of sp³-hybridized carbons (Fsp3) is 0.600. The van der Waals surface area contributed by atoms with Crippen molar-refractivity contribution in [2.75, 3.05) is 20.3 Å². The van der Waals surface area contributed by atoms with Crippen molar-refractivity contribution < 1.29 is 9.84 Å². The Morgan fingerprint density at radius 1 is 1.22 bits per heavy atom. The molecule has 0 radical (unpaired) electrons. The number of rotatable bonds is 8. The molecule has 1 N–H and O–H groups in total. The van der Waals surface area contributed by atoms with Crippen molar-refractivity contribution in [2.45, 2.75) is 39.3 Å². The number of aromatic hydroxyl groups is 1. The Kier molecular flexibility index (Phi) is 6.76. The zero-order chi connectivity index (χ0) is 13.4. The molecule has 0 heterocycles. The Morgan fingerprint density at radius 3 is 2.44 bits per heavy atom. The Hall–Kier alpha value is -1.06. The molecule has 0 amide bonds. The fourth-order valence-corrected chi connectivity index (χ4v) is 2.27. The van der Waals surface area contributed by atoms with Gasteiger partial charge in [-0.05, 0) is 18.9 Å². The van der Waals surface area contributed by atoms with Crippen molar-refractivity contribution in [1.29, 1.82) is 0 Å². The molecule has 0 saturated heterocycles. The summed E-state index contributed by atoms with van der Waals surface area (Å²) in [5.74, 6) is 0.380. The van der Waals surface area contributed by atoms with Crippen LogP contribution in [0.25, 0.3) is 0 Å². The van der Waals surface area contributed by atoms with Crippen LogP contribution >= 0.6 is 0 Å². The van der Waals surface area contributed by atoms with Crippen molar-refractivity contribution in [1.82, 2.24) is 4.90 Å². The van der Waals surface area contributed by atoms with E-state index in [0.29, 0.717) is 11.8 Å². The zero-order valence-electron chi connectivity index (χ0n) is 11.7. The maximum absolute atomic E-state index is 9.85. The van der Waals surface area contributed by atoms with Crippen LogP contribution in [0, 0.1) is 0 Å². The topological polar surface area (TPSA) is 32.7 Å². The van der Waals surface area contributed by atoms with Gasteiger partial charge in [0.15, 0.2) is 0 Å². The SMILES string of the molecule is CCC(CC)N(CCOC)Cc1ccccc1O. The van der Waals surface area contributed by atoms with E-state index in [4.69, 9.17) is 4.74 Å². The van der Waals surface area contributed by atoms with Crippen molar-refractivity contribution in [3.05, 3.63) is 29.8 Å². The van der Waals surface area contributed by atoms with E-state index in [-0.39, 0.29) is 0 Å². The van der Waals surface area contributed by atoms with E-state index in [2.05, 4.69) is 18.7 Å². The van der Waals surface area contributed by atoms with Gasteiger partial charge in [-0.2, -0.15) is 0 Å². The van der Waals surface area contributed by atoms with E-state index in [0.717, 1.165) is 38.1 Å². The summed E-state index contributed by atoms with van der Waals surface area (Å²) in [7, 11) is 1.73. The number of phenols is 1. The third-order valence-electron chi connectivity index (χ3n) is 3.41. The predicted octanol–water partition coefficient (Wildman–Crippen LogP) is 3.03. The molecule has 0 spiro atoms. The Morgan fingerprint density at radius 2 is 1.89 bits per heavy atom. The van der Waals surface area contributed by atoms with Crippen LogP contribution in [0.3, 0.4) is 0 Å². The predicted molar refractivity (Wildman–Crippen MR) is 74.8 cm³/mol. The van der Waals surface area contributed by atoms with Gasteiger partial charge in [0.25, 0.3) is 0 Å². The fourth-order valence-electron chi connectivity index (χ4n) is 2.27. The average molecular weight is 251 g/mol. The van der Waals surface area contributed by atoms with E-state index >= 15 is 0 Å². The number of hydrogen-bond donors (Lipinski definition) is 1. The first-order chi connectivity index (χ1) is 8.72. The largest absolute Gasteiger partial charge is 0.508 e. The van der Waals surface area contributed by atoms with Gasteiger partial charge in [-0.3, -0.25) is 4.90 Å². The summed E-state index contributed by atoms with van der Waals surface area (Å²) in [6.45, 7) is 6.82. The molecule has 102 valence electrons. The summed E-state index contributed by atoms with van der Waals surface area (Å²) in [4.78, 5) is 2.39. The number of benzene rings is 1. The van der Waals surface area contributed by atoms with Crippen molar-refractivity contribution in [3.63, 3.8) is 0 Å². The van der Waals surface area contributed by atoms with Crippen molar-refractivity contribution in [3.8, 4) is 5.75 Å². The second-order valence-corrected chi connectivity index (χ2v) is 4.56. The number of nitrogens with zero attached hydrogens (tertiary/aromatic N) is 1. The van der Waals surface area contributed by atoms with Crippen LogP contribution in [0.15, 0.2) is 24.3 Å². The van der Waals surface area contributed by atoms with E-state index in [1.54, 1.807) is 13.2 Å². The average Bonchev–Trinajstić information content (AvgIpc) is 2.39. The van der Waals surface area contributed by atoms with Gasteiger partial charge < -0.3 is 9.84 Å². The number of para-hydroxylation sites is 1. The summed E-state index contributed by atoms with van der Waals surface area (Å²) < 4.78 is 5.18. The van der Waals surface area contributed by atoms with E-state index in [9.17, 15) is 5.11 Å². The molecule has 18 heavy (non-hydrogen) atoms. The van der Waals surface area contributed by atoms with E-state index in [1.807, 2.05) is 18.2 Å². The lowest BCUT2D eigenvalue weighted by molar-refractivity contribution is 0.109. The second kappa shape index (κ2) is 8.11. The summed E-state index contributed by atoms with van der Waals surface area (Å²) in [6.07, 6.45) is 2.24. The van der Waals surface area contributed by atoms with Gasteiger partial charge in [0.05, 0.1) is 6.61 Å². The van der Waals surface area contributed by atoms with E-state index < -0.39 is 0 Å². The maximum atomic E-state index is 9.85. The molecule has 3 nitrogen and oxygen atoms in total. The molecule has 0 aromatic heterocycles. The number of ether oxygens (including phenoxy) is 1. The van der Waals surface area contributed by atoms with Crippen LogP contribution in [-0.2, 0) is 11.3 Å². The molecular weight excluding hydrogens is 226 g/mol. The molecule has 1 rings (SSSR count). The molecule has 0 atom stereocenters. The molecule has 0 saturated carbocycles. The van der Waals surface area contributed by atoms with Gasteiger partial charge in [0.2, 0.25) is 0 Å². The highest BCUT2D eigenvalue weighted by molar-refractivity contribution is 5.31. The minimum Gasteiger partial charge on any atom is -0.508 e. The molecule has 0 aliphatic rings. The van der Waals surface area contributed by atoms with Crippen LogP contribution in [0.4, 0.5) is 0 Å².